The summed E-state index contributed by atoms with van der Waals surface area (Å²) in [5, 5.41) is 4.26. The van der Waals surface area contributed by atoms with Gasteiger partial charge in [0, 0.05) is 16.5 Å². The van der Waals surface area contributed by atoms with Crippen molar-refractivity contribution in [1.82, 2.24) is 9.88 Å². The Balaban J connectivity index is 2.11. The number of nitrogens with one attached hydrogen (secondary N) is 1. The molecule has 1 atom stereocenters. The van der Waals surface area contributed by atoms with Gasteiger partial charge >= 0.3 is 0 Å². The summed E-state index contributed by atoms with van der Waals surface area (Å²) in [6, 6.07) is 16.9. The molecule has 0 saturated carbocycles. The molecule has 2 aromatic carbocycles. The third kappa shape index (κ3) is 3.50. The van der Waals surface area contributed by atoms with E-state index in [1.165, 1.54) is 4.57 Å². The quantitative estimate of drug-likeness (QED) is 0.705. The molecule has 0 aliphatic rings. The van der Waals surface area contributed by atoms with Crippen molar-refractivity contribution in [3.8, 4) is 12.3 Å². The number of amides is 1. The number of aromatic nitrogens is 1. The molecule has 0 fully saturated rings. The number of terminal acetylenes is 1. The molecule has 0 spiro atoms. The van der Waals surface area contributed by atoms with Crippen molar-refractivity contribution in [2.75, 3.05) is 0 Å². The van der Waals surface area contributed by atoms with Gasteiger partial charge in [-0.2, -0.15) is 0 Å². The zero-order valence-electron chi connectivity index (χ0n) is 15.5. The number of carbonyl (C=O) groups is 1. The van der Waals surface area contributed by atoms with Crippen molar-refractivity contribution < 1.29 is 4.79 Å². The topological polar surface area (TPSA) is 51.1 Å². The smallest absolute Gasteiger partial charge is 0.259 e. The maximum absolute atomic E-state index is 13.2. The van der Waals surface area contributed by atoms with Gasteiger partial charge in [0.15, 0.2) is 0 Å². The molecule has 0 unspecified atom stereocenters. The fraction of sp³-hybridized carbons (Fsp3) is 0.217. The first-order chi connectivity index (χ1) is 13.1. The number of carbonyl (C=O) groups excluding carboxylic acids is 1. The summed E-state index contributed by atoms with van der Waals surface area (Å²) in [5.41, 5.74) is 1.95. The molecule has 3 aromatic rings. The lowest BCUT2D eigenvalue weighted by Gasteiger charge is -2.20. The van der Waals surface area contributed by atoms with Gasteiger partial charge in [0.05, 0.1) is 18.2 Å². The SMILES string of the molecule is C#CCn1c(C)c(C(=O)N[C@@H](CC)c2ccccc2)c2ccccc2c1=O. The van der Waals surface area contributed by atoms with E-state index in [0.717, 1.165) is 12.0 Å². The fourth-order valence-corrected chi connectivity index (χ4v) is 3.42. The molecular weight excluding hydrogens is 336 g/mol. The standard InChI is InChI=1S/C23H22N2O2/c1-4-15-25-16(3)21(18-13-9-10-14-19(18)23(25)27)22(26)24-20(5-2)17-11-7-6-8-12-17/h1,6-14,20H,5,15H2,2-3H3,(H,24,26)/t20-/m0/s1. The first-order valence-electron chi connectivity index (χ1n) is 8.99. The minimum absolute atomic E-state index is 0.107. The van der Waals surface area contributed by atoms with Crippen molar-refractivity contribution in [1.29, 1.82) is 0 Å². The third-order valence-corrected chi connectivity index (χ3v) is 4.83. The first-order valence-corrected chi connectivity index (χ1v) is 8.99. The van der Waals surface area contributed by atoms with Gasteiger partial charge in [0.1, 0.15) is 0 Å². The molecule has 1 aromatic heterocycles. The van der Waals surface area contributed by atoms with Crippen LogP contribution in [0.25, 0.3) is 10.8 Å². The molecule has 27 heavy (non-hydrogen) atoms. The lowest BCUT2D eigenvalue weighted by atomic mass is 10.0. The Labute approximate surface area is 158 Å². The number of pyridine rings is 1. The van der Waals surface area contributed by atoms with Crippen molar-refractivity contribution in [2.24, 2.45) is 0 Å². The molecule has 136 valence electrons. The van der Waals surface area contributed by atoms with Crippen LogP contribution in [0.5, 0.6) is 0 Å². The van der Waals surface area contributed by atoms with Crippen LogP contribution in [0.2, 0.25) is 0 Å². The first kappa shape index (κ1) is 18.5. The number of hydrogen-bond donors (Lipinski definition) is 1. The van der Waals surface area contributed by atoms with Gasteiger partial charge in [-0.05, 0) is 25.0 Å². The summed E-state index contributed by atoms with van der Waals surface area (Å²) in [6.45, 7) is 3.93. The van der Waals surface area contributed by atoms with E-state index in [-0.39, 0.29) is 24.1 Å². The van der Waals surface area contributed by atoms with E-state index in [1.807, 2.05) is 49.4 Å². The van der Waals surface area contributed by atoms with Crippen LogP contribution in [-0.4, -0.2) is 10.5 Å². The van der Waals surface area contributed by atoms with Gasteiger partial charge in [-0.3, -0.25) is 14.2 Å². The number of fused-ring (bicyclic) bond motifs is 1. The van der Waals surface area contributed by atoms with Gasteiger partial charge < -0.3 is 5.32 Å². The molecule has 0 aliphatic heterocycles. The molecule has 1 N–H and O–H groups in total. The molecule has 0 radical (unpaired) electrons. The van der Waals surface area contributed by atoms with E-state index in [0.29, 0.717) is 22.0 Å². The predicted molar refractivity (Wildman–Crippen MR) is 109 cm³/mol. The molecule has 3 rings (SSSR count). The van der Waals surface area contributed by atoms with Crippen LogP contribution >= 0.6 is 0 Å². The maximum Gasteiger partial charge on any atom is 0.259 e. The Hall–Kier alpha value is -3.32. The summed E-state index contributed by atoms with van der Waals surface area (Å²) in [4.78, 5) is 26.0. The van der Waals surface area contributed by atoms with Crippen LogP contribution in [0.4, 0.5) is 0 Å². The Morgan fingerprint density at radius 1 is 1.11 bits per heavy atom. The maximum atomic E-state index is 13.2. The summed E-state index contributed by atoms with van der Waals surface area (Å²) < 4.78 is 1.49. The predicted octanol–water partition coefficient (Wildman–Crippen LogP) is 3.82. The van der Waals surface area contributed by atoms with Gasteiger partial charge in [-0.25, -0.2) is 0 Å². The second-order valence-corrected chi connectivity index (χ2v) is 6.45. The van der Waals surface area contributed by atoms with E-state index in [1.54, 1.807) is 19.1 Å². The highest BCUT2D eigenvalue weighted by atomic mass is 16.2. The number of hydrogen-bond acceptors (Lipinski definition) is 2. The van der Waals surface area contributed by atoms with Crippen LogP contribution < -0.4 is 10.9 Å². The molecule has 0 bridgehead atoms. The second-order valence-electron chi connectivity index (χ2n) is 6.45. The number of benzene rings is 2. The Bertz CT molecular complexity index is 1080. The van der Waals surface area contributed by atoms with Gasteiger partial charge in [-0.1, -0.05) is 61.4 Å². The number of rotatable bonds is 5. The van der Waals surface area contributed by atoms with Crippen LogP contribution in [-0.2, 0) is 6.54 Å². The monoisotopic (exact) mass is 358 g/mol. The normalized spacial score (nSPS) is 11.7. The van der Waals surface area contributed by atoms with Crippen LogP contribution in [0.3, 0.4) is 0 Å². The van der Waals surface area contributed by atoms with Gasteiger partial charge in [-0.15, -0.1) is 6.42 Å². The molecule has 4 nitrogen and oxygen atoms in total. The Morgan fingerprint density at radius 3 is 2.37 bits per heavy atom. The zero-order valence-corrected chi connectivity index (χ0v) is 15.5. The summed E-state index contributed by atoms with van der Waals surface area (Å²) in [6.07, 6.45) is 6.20. The highest BCUT2D eigenvalue weighted by Crippen LogP contribution is 2.22. The summed E-state index contributed by atoms with van der Waals surface area (Å²) in [7, 11) is 0. The lowest BCUT2D eigenvalue weighted by Crippen LogP contribution is -2.32. The van der Waals surface area contributed by atoms with Crippen molar-refractivity contribution in [2.45, 2.75) is 32.9 Å². The van der Waals surface area contributed by atoms with Crippen molar-refractivity contribution >= 4 is 16.7 Å². The van der Waals surface area contributed by atoms with E-state index in [9.17, 15) is 9.59 Å². The Morgan fingerprint density at radius 2 is 1.74 bits per heavy atom. The second kappa shape index (κ2) is 7.92. The molecule has 0 aliphatic carbocycles. The highest BCUT2D eigenvalue weighted by molar-refractivity contribution is 6.07. The summed E-state index contributed by atoms with van der Waals surface area (Å²) >= 11 is 0. The molecule has 0 saturated heterocycles. The van der Waals surface area contributed by atoms with Gasteiger partial charge in [0.2, 0.25) is 0 Å². The molecule has 1 amide bonds. The lowest BCUT2D eigenvalue weighted by molar-refractivity contribution is 0.0935. The van der Waals surface area contributed by atoms with E-state index in [2.05, 4.69) is 11.2 Å². The van der Waals surface area contributed by atoms with E-state index >= 15 is 0 Å². The minimum atomic E-state index is -0.204. The fourth-order valence-electron chi connectivity index (χ4n) is 3.42. The zero-order chi connectivity index (χ0) is 19.4. The largest absolute Gasteiger partial charge is 0.345 e. The van der Waals surface area contributed by atoms with Crippen molar-refractivity contribution in [3.63, 3.8) is 0 Å². The van der Waals surface area contributed by atoms with Crippen LogP contribution in [0.1, 0.15) is 41.0 Å². The minimum Gasteiger partial charge on any atom is -0.345 e. The van der Waals surface area contributed by atoms with Crippen LogP contribution in [0.15, 0.2) is 59.4 Å². The average molecular weight is 358 g/mol. The van der Waals surface area contributed by atoms with Crippen LogP contribution in [0, 0.1) is 19.3 Å². The third-order valence-electron chi connectivity index (χ3n) is 4.83. The Kier molecular flexibility index (Phi) is 5.42. The average Bonchev–Trinajstić information content (AvgIpc) is 2.70. The molecule has 1 heterocycles. The van der Waals surface area contributed by atoms with Gasteiger partial charge in [0.25, 0.3) is 11.5 Å². The van der Waals surface area contributed by atoms with Crippen molar-refractivity contribution in [3.05, 3.63) is 81.8 Å². The molecular formula is C23H22N2O2. The van der Waals surface area contributed by atoms with E-state index < -0.39 is 0 Å². The highest BCUT2D eigenvalue weighted by Gasteiger charge is 2.21. The molecule has 4 heteroatoms. The number of nitrogens with zero attached hydrogens (tertiary/aromatic N) is 1. The summed E-state index contributed by atoms with van der Waals surface area (Å²) in [5.74, 6) is 2.30. The van der Waals surface area contributed by atoms with E-state index in [4.69, 9.17) is 6.42 Å².